The topological polar surface area (TPSA) is 84.2 Å². The molecule has 0 aliphatic carbocycles. The van der Waals surface area contributed by atoms with E-state index in [-0.39, 0.29) is 12.3 Å². The number of aliphatic carboxylic acids is 1. The van der Waals surface area contributed by atoms with Gasteiger partial charge in [-0.2, -0.15) is 5.10 Å². The van der Waals surface area contributed by atoms with Crippen LogP contribution in [0.15, 0.2) is 36.5 Å². The van der Waals surface area contributed by atoms with Crippen LogP contribution in [0.2, 0.25) is 0 Å². The number of amides is 1. The molecule has 1 aliphatic heterocycles. The summed E-state index contributed by atoms with van der Waals surface area (Å²) < 4.78 is 1.84. The molecular weight excluding hydrogens is 294 g/mol. The van der Waals surface area contributed by atoms with E-state index in [0.29, 0.717) is 5.56 Å². The van der Waals surface area contributed by atoms with Gasteiger partial charge in [0.2, 0.25) is 0 Å². The lowest BCUT2D eigenvalue weighted by atomic mass is 10.0. The number of fused-ring (bicyclic) bond motifs is 1. The molecule has 0 unspecified atom stereocenters. The monoisotopic (exact) mass is 313 g/mol. The van der Waals surface area contributed by atoms with E-state index in [1.165, 1.54) is 6.20 Å². The SMILES string of the molecule is O=C(N[C@H](Cc1ccccc1)C(=O)O)c1cnn2c1CCCC2. The Morgan fingerprint density at radius 3 is 2.78 bits per heavy atom. The summed E-state index contributed by atoms with van der Waals surface area (Å²) in [4.78, 5) is 23.9. The molecule has 2 aromatic rings. The van der Waals surface area contributed by atoms with E-state index in [1.54, 1.807) is 0 Å². The third-order valence-corrected chi connectivity index (χ3v) is 4.11. The first-order valence-corrected chi connectivity index (χ1v) is 7.77. The maximum atomic E-state index is 12.5. The number of carbonyl (C=O) groups excluding carboxylic acids is 1. The molecule has 0 fully saturated rings. The Morgan fingerprint density at radius 1 is 1.26 bits per heavy atom. The van der Waals surface area contributed by atoms with Crippen molar-refractivity contribution in [3.63, 3.8) is 0 Å². The minimum atomic E-state index is -1.04. The third kappa shape index (κ3) is 3.41. The molecule has 0 saturated carbocycles. The Bertz CT molecular complexity index is 709. The molecule has 0 radical (unpaired) electrons. The van der Waals surface area contributed by atoms with Crippen molar-refractivity contribution in [2.75, 3.05) is 0 Å². The van der Waals surface area contributed by atoms with Crippen LogP contribution in [-0.4, -0.2) is 32.8 Å². The lowest BCUT2D eigenvalue weighted by Crippen LogP contribution is -2.42. The molecule has 1 aromatic carbocycles. The van der Waals surface area contributed by atoms with Crippen molar-refractivity contribution in [1.82, 2.24) is 15.1 Å². The second-order valence-electron chi connectivity index (χ2n) is 5.74. The van der Waals surface area contributed by atoms with Crippen LogP contribution in [-0.2, 0) is 24.2 Å². The van der Waals surface area contributed by atoms with Gasteiger partial charge in [0.15, 0.2) is 0 Å². The summed E-state index contributed by atoms with van der Waals surface area (Å²) in [6.07, 6.45) is 4.68. The average molecular weight is 313 g/mol. The first kappa shape index (κ1) is 15.3. The number of hydrogen-bond donors (Lipinski definition) is 2. The molecule has 0 bridgehead atoms. The summed E-state index contributed by atoms with van der Waals surface area (Å²) in [6, 6.07) is 8.32. The van der Waals surface area contributed by atoms with Gasteiger partial charge in [-0.1, -0.05) is 30.3 Å². The Morgan fingerprint density at radius 2 is 2.04 bits per heavy atom. The highest BCUT2D eigenvalue weighted by molar-refractivity contribution is 5.97. The van der Waals surface area contributed by atoms with Gasteiger partial charge in [-0.15, -0.1) is 0 Å². The summed E-state index contributed by atoms with van der Waals surface area (Å²) in [5.41, 5.74) is 2.26. The molecule has 6 nitrogen and oxygen atoms in total. The van der Waals surface area contributed by atoms with Gasteiger partial charge in [0, 0.05) is 13.0 Å². The fourth-order valence-corrected chi connectivity index (χ4v) is 2.90. The summed E-state index contributed by atoms with van der Waals surface area (Å²) in [5.74, 6) is -1.40. The average Bonchev–Trinajstić information content (AvgIpc) is 2.99. The van der Waals surface area contributed by atoms with Crippen molar-refractivity contribution < 1.29 is 14.7 Å². The van der Waals surface area contributed by atoms with E-state index in [2.05, 4.69) is 10.4 Å². The van der Waals surface area contributed by atoms with Crippen molar-refractivity contribution in [2.24, 2.45) is 0 Å². The van der Waals surface area contributed by atoms with Crippen LogP contribution in [0.5, 0.6) is 0 Å². The molecule has 0 spiro atoms. The normalized spacial score (nSPS) is 14.8. The Balaban J connectivity index is 1.74. The molecule has 1 amide bonds. The zero-order chi connectivity index (χ0) is 16.2. The van der Waals surface area contributed by atoms with Crippen LogP contribution >= 0.6 is 0 Å². The molecule has 23 heavy (non-hydrogen) atoms. The van der Waals surface area contributed by atoms with Gasteiger partial charge in [0.1, 0.15) is 6.04 Å². The summed E-state index contributed by atoms with van der Waals surface area (Å²) in [7, 11) is 0. The number of rotatable bonds is 5. The van der Waals surface area contributed by atoms with Crippen LogP contribution < -0.4 is 5.32 Å². The van der Waals surface area contributed by atoms with E-state index in [4.69, 9.17) is 0 Å². The molecule has 2 N–H and O–H groups in total. The molecule has 0 saturated heterocycles. The number of nitrogens with zero attached hydrogens (tertiary/aromatic N) is 2. The second-order valence-corrected chi connectivity index (χ2v) is 5.74. The predicted molar refractivity (Wildman–Crippen MR) is 84.2 cm³/mol. The van der Waals surface area contributed by atoms with Crippen molar-refractivity contribution >= 4 is 11.9 Å². The van der Waals surface area contributed by atoms with E-state index in [9.17, 15) is 14.7 Å². The zero-order valence-corrected chi connectivity index (χ0v) is 12.7. The smallest absolute Gasteiger partial charge is 0.326 e. The molecule has 1 aromatic heterocycles. The van der Waals surface area contributed by atoms with Crippen LogP contribution in [0.3, 0.4) is 0 Å². The van der Waals surface area contributed by atoms with Gasteiger partial charge in [-0.3, -0.25) is 9.48 Å². The van der Waals surface area contributed by atoms with Gasteiger partial charge in [0.25, 0.3) is 5.91 Å². The van der Waals surface area contributed by atoms with Crippen molar-refractivity contribution in [1.29, 1.82) is 0 Å². The number of aryl methyl sites for hydroxylation is 1. The summed E-state index contributed by atoms with van der Waals surface area (Å²) in [5, 5.41) is 16.2. The maximum Gasteiger partial charge on any atom is 0.326 e. The lowest BCUT2D eigenvalue weighted by Gasteiger charge is -2.17. The molecular formula is C17H19N3O3. The van der Waals surface area contributed by atoms with Crippen molar-refractivity contribution in [3.05, 3.63) is 53.3 Å². The van der Waals surface area contributed by atoms with E-state index in [0.717, 1.165) is 37.1 Å². The molecule has 6 heteroatoms. The van der Waals surface area contributed by atoms with Gasteiger partial charge >= 0.3 is 5.97 Å². The largest absolute Gasteiger partial charge is 0.480 e. The third-order valence-electron chi connectivity index (χ3n) is 4.11. The number of nitrogens with one attached hydrogen (secondary N) is 1. The van der Waals surface area contributed by atoms with Crippen LogP contribution in [0, 0.1) is 0 Å². The standard InChI is InChI=1S/C17H19N3O3/c21-16(13-11-18-20-9-5-4-8-15(13)20)19-14(17(22)23)10-12-6-2-1-3-7-12/h1-3,6-7,11,14H,4-5,8-10H2,(H,19,21)(H,22,23)/t14-/m1/s1. The minimum absolute atomic E-state index is 0.255. The van der Waals surface area contributed by atoms with E-state index in [1.807, 2.05) is 35.0 Å². The first-order chi connectivity index (χ1) is 11.1. The van der Waals surface area contributed by atoms with Gasteiger partial charge in [0.05, 0.1) is 17.5 Å². The Hall–Kier alpha value is -2.63. The van der Waals surface area contributed by atoms with Gasteiger partial charge in [-0.05, 0) is 24.8 Å². The number of carbonyl (C=O) groups is 2. The highest BCUT2D eigenvalue weighted by Crippen LogP contribution is 2.18. The van der Waals surface area contributed by atoms with Crippen LogP contribution in [0.4, 0.5) is 0 Å². The zero-order valence-electron chi connectivity index (χ0n) is 12.7. The minimum Gasteiger partial charge on any atom is -0.480 e. The molecule has 2 heterocycles. The molecule has 120 valence electrons. The fourth-order valence-electron chi connectivity index (χ4n) is 2.90. The van der Waals surface area contributed by atoms with E-state index < -0.39 is 12.0 Å². The molecule has 1 atom stereocenters. The van der Waals surface area contributed by atoms with Gasteiger partial charge in [-0.25, -0.2) is 4.79 Å². The van der Waals surface area contributed by atoms with Crippen LogP contribution in [0.1, 0.15) is 34.5 Å². The van der Waals surface area contributed by atoms with Crippen molar-refractivity contribution in [3.8, 4) is 0 Å². The second kappa shape index (κ2) is 6.64. The Labute approximate surface area is 134 Å². The first-order valence-electron chi connectivity index (χ1n) is 7.77. The highest BCUT2D eigenvalue weighted by Gasteiger charge is 2.25. The number of carboxylic acid groups (broad SMARTS) is 1. The van der Waals surface area contributed by atoms with Crippen molar-refractivity contribution in [2.45, 2.75) is 38.3 Å². The number of hydrogen-bond acceptors (Lipinski definition) is 3. The summed E-state index contributed by atoms with van der Waals surface area (Å²) in [6.45, 7) is 0.814. The van der Waals surface area contributed by atoms with Crippen LogP contribution in [0.25, 0.3) is 0 Å². The molecule has 1 aliphatic rings. The number of aromatic nitrogens is 2. The molecule has 3 rings (SSSR count). The lowest BCUT2D eigenvalue weighted by molar-refractivity contribution is -0.139. The quantitative estimate of drug-likeness (QED) is 0.879. The Kier molecular flexibility index (Phi) is 4.41. The number of benzene rings is 1. The number of carboxylic acids is 1. The summed E-state index contributed by atoms with van der Waals surface area (Å²) >= 11 is 0. The highest BCUT2D eigenvalue weighted by atomic mass is 16.4. The fraction of sp³-hybridized carbons (Fsp3) is 0.353. The van der Waals surface area contributed by atoms with Gasteiger partial charge < -0.3 is 10.4 Å². The predicted octanol–water partition coefficient (Wildman–Crippen LogP) is 1.65. The maximum absolute atomic E-state index is 12.5. The van der Waals surface area contributed by atoms with E-state index >= 15 is 0 Å².